The monoisotopic (exact) mass is 278 g/mol. The van der Waals surface area contributed by atoms with Crippen molar-refractivity contribution >= 4 is 5.91 Å². The molecule has 1 fully saturated rings. The quantitative estimate of drug-likeness (QED) is 0.858. The molecule has 1 heterocycles. The number of methoxy groups -OCH3 is 2. The van der Waals surface area contributed by atoms with Crippen LogP contribution in [0.25, 0.3) is 0 Å². The number of rotatable bonds is 6. The smallest absolute Gasteiger partial charge is 0.241 e. The van der Waals surface area contributed by atoms with Gasteiger partial charge in [0.05, 0.1) is 19.8 Å². The van der Waals surface area contributed by atoms with Gasteiger partial charge in [0, 0.05) is 19.2 Å². The van der Waals surface area contributed by atoms with Gasteiger partial charge < -0.3 is 14.4 Å². The third-order valence-corrected chi connectivity index (χ3v) is 3.63. The Kier molecular flexibility index (Phi) is 4.98. The summed E-state index contributed by atoms with van der Waals surface area (Å²) in [6, 6.07) is 7.65. The van der Waals surface area contributed by atoms with E-state index < -0.39 is 0 Å². The van der Waals surface area contributed by atoms with Crippen LogP contribution in [0.1, 0.15) is 25.1 Å². The van der Waals surface area contributed by atoms with Crippen LogP contribution < -0.4 is 10.1 Å². The number of ether oxygens (including phenoxy) is 2. The van der Waals surface area contributed by atoms with Crippen LogP contribution in [-0.4, -0.2) is 44.2 Å². The molecule has 20 heavy (non-hydrogen) atoms. The van der Waals surface area contributed by atoms with Crippen LogP contribution in [0.5, 0.6) is 5.75 Å². The highest BCUT2D eigenvalue weighted by atomic mass is 16.5. The van der Waals surface area contributed by atoms with E-state index in [1.165, 1.54) is 0 Å². The molecule has 0 aliphatic carbocycles. The van der Waals surface area contributed by atoms with Crippen molar-refractivity contribution in [2.24, 2.45) is 0 Å². The summed E-state index contributed by atoms with van der Waals surface area (Å²) in [7, 11) is 3.29. The van der Waals surface area contributed by atoms with Crippen molar-refractivity contribution in [3.05, 3.63) is 29.8 Å². The second-order valence-electron chi connectivity index (χ2n) is 4.80. The molecule has 1 aliphatic rings. The normalized spacial score (nSPS) is 22.4. The van der Waals surface area contributed by atoms with Crippen LogP contribution in [0.3, 0.4) is 0 Å². The van der Waals surface area contributed by atoms with Gasteiger partial charge in [-0.3, -0.25) is 10.1 Å². The van der Waals surface area contributed by atoms with E-state index in [0.717, 1.165) is 17.7 Å². The summed E-state index contributed by atoms with van der Waals surface area (Å²) in [5.41, 5.74) is 0.982. The van der Waals surface area contributed by atoms with Crippen LogP contribution >= 0.6 is 0 Å². The number of carbonyl (C=O) groups excluding carboxylic acids is 1. The Morgan fingerprint density at radius 1 is 1.30 bits per heavy atom. The number of benzene rings is 1. The van der Waals surface area contributed by atoms with Gasteiger partial charge in [0.15, 0.2) is 0 Å². The molecule has 2 rings (SSSR count). The third-order valence-electron chi connectivity index (χ3n) is 3.63. The first kappa shape index (κ1) is 14.8. The summed E-state index contributed by atoms with van der Waals surface area (Å²) in [5.74, 6) is 0.914. The second-order valence-corrected chi connectivity index (χ2v) is 4.80. The molecule has 0 bridgehead atoms. The molecule has 1 aliphatic heterocycles. The highest BCUT2D eigenvalue weighted by Gasteiger charge is 2.39. The fraction of sp³-hybridized carbons (Fsp3) is 0.533. The van der Waals surface area contributed by atoms with Gasteiger partial charge in [-0.1, -0.05) is 25.1 Å². The predicted octanol–water partition coefficient (Wildman–Crippen LogP) is 1.55. The number of para-hydroxylation sites is 1. The Morgan fingerprint density at radius 3 is 2.70 bits per heavy atom. The molecule has 2 unspecified atom stereocenters. The molecule has 0 saturated carbocycles. The summed E-state index contributed by atoms with van der Waals surface area (Å²) in [5, 5.41) is 3.38. The van der Waals surface area contributed by atoms with Gasteiger partial charge in [0.2, 0.25) is 5.91 Å². The molecule has 1 N–H and O–H groups in total. The van der Waals surface area contributed by atoms with Crippen molar-refractivity contribution in [2.75, 3.05) is 27.4 Å². The molecule has 110 valence electrons. The molecule has 5 nitrogen and oxygen atoms in total. The fourth-order valence-corrected chi connectivity index (χ4v) is 2.55. The molecule has 2 atom stereocenters. The van der Waals surface area contributed by atoms with E-state index in [-0.39, 0.29) is 18.1 Å². The Labute approximate surface area is 119 Å². The summed E-state index contributed by atoms with van der Waals surface area (Å²) in [6.07, 6.45) is 0.618. The fourth-order valence-electron chi connectivity index (χ4n) is 2.55. The number of hydrogen-bond donors (Lipinski definition) is 1. The topological polar surface area (TPSA) is 50.8 Å². The first-order valence-corrected chi connectivity index (χ1v) is 6.91. The zero-order chi connectivity index (χ0) is 14.5. The Morgan fingerprint density at radius 2 is 2.05 bits per heavy atom. The second kappa shape index (κ2) is 6.72. The SMILES string of the molecule is CCC1NC(c2ccccc2OC)N(CCOC)C1=O. The molecule has 1 aromatic carbocycles. The van der Waals surface area contributed by atoms with Gasteiger partial charge in [-0.2, -0.15) is 0 Å². The Bertz CT molecular complexity index is 464. The summed E-state index contributed by atoms with van der Waals surface area (Å²) in [6.45, 7) is 3.10. The largest absolute Gasteiger partial charge is 0.496 e. The zero-order valence-electron chi connectivity index (χ0n) is 12.3. The average molecular weight is 278 g/mol. The van der Waals surface area contributed by atoms with Crippen molar-refractivity contribution in [1.82, 2.24) is 10.2 Å². The van der Waals surface area contributed by atoms with Gasteiger partial charge in [-0.15, -0.1) is 0 Å². The van der Waals surface area contributed by atoms with E-state index >= 15 is 0 Å². The lowest BCUT2D eigenvalue weighted by Gasteiger charge is -2.25. The van der Waals surface area contributed by atoms with Crippen LogP contribution in [0.2, 0.25) is 0 Å². The maximum atomic E-state index is 12.4. The highest BCUT2D eigenvalue weighted by molar-refractivity contribution is 5.84. The maximum Gasteiger partial charge on any atom is 0.241 e. The lowest BCUT2D eigenvalue weighted by Crippen LogP contribution is -2.33. The summed E-state index contributed by atoms with van der Waals surface area (Å²) in [4.78, 5) is 14.2. The van der Waals surface area contributed by atoms with E-state index in [9.17, 15) is 4.79 Å². The first-order chi connectivity index (χ1) is 9.72. The molecule has 0 aromatic heterocycles. The Hall–Kier alpha value is -1.59. The molecular weight excluding hydrogens is 256 g/mol. The average Bonchev–Trinajstić information content (AvgIpc) is 2.81. The minimum absolute atomic E-state index is 0.125. The standard InChI is InChI=1S/C15H22N2O3/c1-4-12-15(18)17(9-10-19-2)14(16-12)11-7-5-6-8-13(11)20-3/h5-8,12,14,16H,4,9-10H2,1-3H3. The van der Waals surface area contributed by atoms with Crippen molar-refractivity contribution in [3.8, 4) is 5.75 Å². The van der Waals surface area contributed by atoms with Crippen LogP contribution in [-0.2, 0) is 9.53 Å². The molecule has 1 saturated heterocycles. The lowest BCUT2D eigenvalue weighted by molar-refractivity contribution is -0.130. The Balaban J connectivity index is 2.29. The molecule has 1 aromatic rings. The number of nitrogens with zero attached hydrogens (tertiary/aromatic N) is 1. The predicted molar refractivity (Wildman–Crippen MR) is 76.5 cm³/mol. The maximum absolute atomic E-state index is 12.4. The van der Waals surface area contributed by atoms with E-state index in [0.29, 0.717) is 13.2 Å². The van der Waals surface area contributed by atoms with Crippen LogP contribution in [0.15, 0.2) is 24.3 Å². The van der Waals surface area contributed by atoms with Crippen LogP contribution in [0.4, 0.5) is 0 Å². The third kappa shape index (κ3) is 2.78. The van der Waals surface area contributed by atoms with E-state index in [2.05, 4.69) is 5.32 Å². The number of nitrogens with one attached hydrogen (secondary N) is 1. The minimum Gasteiger partial charge on any atom is -0.496 e. The van der Waals surface area contributed by atoms with Crippen molar-refractivity contribution in [2.45, 2.75) is 25.6 Å². The van der Waals surface area contributed by atoms with Crippen molar-refractivity contribution < 1.29 is 14.3 Å². The highest BCUT2D eigenvalue weighted by Crippen LogP contribution is 2.32. The van der Waals surface area contributed by atoms with Gasteiger partial charge in [0.25, 0.3) is 0 Å². The summed E-state index contributed by atoms with van der Waals surface area (Å²) >= 11 is 0. The first-order valence-electron chi connectivity index (χ1n) is 6.91. The van der Waals surface area contributed by atoms with E-state index in [1.807, 2.05) is 36.1 Å². The van der Waals surface area contributed by atoms with Gasteiger partial charge in [-0.05, 0) is 12.5 Å². The molecule has 0 radical (unpaired) electrons. The van der Waals surface area contributed by atoms with Gasteiger partial charge >= 0.3 is 0 Å². The zero-order valence-corrected chi connectivity index (χ0v) is 12.3. The van der Waals surface area contributed by atoms with Gasteiger partial charge in [-0.25, -0.2) is 0 Å². The van der Waals surface area contributed by atoms with E-state index in [1.54, 1.807) is 14.2 Å². The molecule has 0 spiro atoms. The number of hydrogen-bond acceptors (Lipinski definition) is 4. The van der Waals surface area contributed by atoms with Crippen molar-refractivity contribution in [3.63, 3.8) is 0 Å². The minimum atomic E-state index is -0.154. The van der Waals surface area contributed by atoms with Crippen molar-refractivity contribution in [1.29, 1.82) is 0 Å². The molecule has 1 amide bonds. The lowest BCUT2D eigenvalue weighted by atomic mass is 10.1. The van der Waals surface area contributed by atoms with Crippen LogP contribution in [0, 0.1) is 0 Å². The number of carbonyl (C=O) groups is 1. The van der Waals surface area contributed by atoms with E-state index in [4.69, 9.17) is 9.47 Å². The number of amides is 1. The molecule has 5 heteroatoms. The van der Waals surface area contributed by atoms with Gasteiger partial charge in [0.1, 0.15) is 11.9 Å². The summed E-state index contributed by atoms with van der Waals surface area (Å²) < 4.78 is 10.5. The molecular formula is C15H22N2O3.